The van der Waals surface area contributed by atoms with Crippen LogP contribution in [0.5, 0.6) is 0 Å². The number of pyridine rings is 1. The lowest BCUT2D eigenvalue weighted by Gasteiger charge is -2.33. The zero-order valence-corrected chi connectivity index (χ0v) is 12.2. The van der Waals surface area contributed by atoms with Gasteiger partial charge in [0.05, 0.1) is 6.20 Å². The van der Waals surface area contributed by atoms with E-state index in [2.05, 4.69) is 4.98 Å². The van der Waals surface area contributed by atoms with Crippen LogP contribution in [0.2, 0.25) is 0 Å². The van der Waals surface area contributed by atoms with Crippen molar-refractivity contribution in [1.29, 1.82) is 0 Å². The molecule has 2 N–H and O–H groups in total. The lowest BCUT2D eigenvalue weighted by molar-refractivity contribution is 0.257. The molecule has 0 amide bonds. The summed E-state index contributed by atoms with van der Waals surface area (Å²) in [5.74, 6) is -0.651. The summed E-state index contributed by atoms with van der Waals surface area (Å²) in [6.07, 6.45) is 7.02. The molecule has 0 unspecified atom stereocenters. The SMILES string of the molecule is NCCN(C1CCCCC1)S(=O)(=O)c1cncc(F)c1. The summed E-state index contributed by atoms with van der Waals surface area (Å²) in [5, 5.41) is 0. The topological polar surface area (TPSA) is 76.3 Å². The van der Waals surface area contributed by atoms with Crippen molar-refractivity contribution in [3.63, 3.8) is 0 Å². The van der Waals surface area contributed by atoms with E-state index in [0.717, 1.165) is 44.4 Å². The van der Waals surface area contributed by atoms with Crippen molar-refractivity contribution in [3.8, 4) is 0 Å². The molecule has 0 aromatic carbocycles. The van der Waals surface area contributed by atoms with E-state index in [1.54, 1.807) is 0 Å². The Morgan fingerprint density at radius 3 is 2.60 bits per heavy atom. The van der Waals surface area contributed by atoms with E-state index < -0.39 is 15.8 Å². The Morgan fingerprint density at radius 2 is 2.00 bits per heavy atom. The number of hydrogen-bond acceptors (Lipinski definition) is 4. The molecule has 0 bridgehead atoms. The highest BCUT2D eigenvalue weighted by Crippen LogP contribution is 2.27. The molecule has 0 radical (unpaired) electrons. The maximum Gasteiger partial charge on any atom is 0.245 e. The van der Waals surface area contributed by atoms with Crippen LogP contribution >= 0.6 is 0 Å². The van der Waals surface area contributed by atoms with Gasteiger partial charge in [0.2, 0.25) is 10.0 Å². The fourth-order valence-corrected chi connectivity index (χ4v) is 4.34. The standard InChI is InChI=1S/C13H20FN3O2S/c14-11-8-13(10-16-9-11)20(18,19)17(7-6-15)12-4-2-1-3-5-12/h8-10,12H,1-7,15H2. The molecule has 2 rings (SSSR count). The minimum Gasteiger partial charge on any atom is -0.329 e. The maximum absolute atomic E-state index is 13.2. The van der Waals surface area contributed by atoms with Crippen LogP contribution in [-0.4, -0.2) is 36.8 Å². The van der Waals surface area contributed by atoms with Gasteiger partial charge in [-0.1, -0.05) is 19.3 Å². The quantitative estimate of drug-likeness (QED) is 0.894. The van der Waals surface area contributed by atoms with Crippen LogP contribution < -0.4 is 5.73 Å². The number of halogens is 1. The molecule has 0 atom stereocenters. The second kappa shape index (κ2) is 6.60. The predicted octanol–water partition coefficient (Wildman–Crippen LogP) is 1.50. The summed E-state index contributed by atoms with van der Waals surface area (Å²) in [7, 11) is -3.73. The Labute approximate surface area is 119 Å². The van der Waals surface area contributed by atoms with E-state index in [1.165, 1.54) is 10.5 Å². The molecular formula is C13H20FN3O2S. The fourth-order valence-electron chi connectivity index (χ4n) is 2.66. The monoisotopic (exact) mass is 301 g/mol. The van der Waals surface area contributed by atoms with Crippen LogP contribution in [0.4, 0.5) is 4.39 Å². The summed E-state index contributed by atoms with van der Waals surface area (Å²) in [5.41, 5.74) is 5.54. The third-order valence-electron chi connectivity index (χ3n) is 3.62. The first-order chi connectivity index (χ1) is 9.55. The van der Waals surface area contributed by atoms with Gasteiger partial charge < -0.3 is 5.73 Å². The predicted molar refractivity (Wildman–Crippen MR) is 74.0 cm³/mol. The number of nitrogens with zero attached hydrogens (tertiary/aromatic N) is 2. The van der Waals surface area contributed by atoms with Crippen LogP contribution in [0.3, 0.4) is 0 Å². The molecule has 1 heterocycles. The molecular weight excluding hydrogens is 281 g/mol. The van der Waals surface area contributed by atoms with Gasteiger partial charge in [-0.15, -0.1) is 0 Å². The highest BCUT2D eigenvalue weighted by Gasteiger charge is 2.32. The minimum absolute atomic E-state index is 0.0411. The fraction of sp³-hybridized carbons (Fsp3) is 0.615. The normalized spacial score (nSPS) is 17.6. The Morgan fingerprint density at radius 1 is 1.30 bits per heavy atom. The first kappa shape index (κ1) is 15.3. The molecule has 0 spiro atoms. The molecule has 1 aliphatic rings. The van der Waals surface area contributed by atoms with Crippen molar-refractivity contribution in [2.75, 3.05) is 13.1 Å². The van der Waals surface area contributed by atoms with Crippen molar-refractivity contribution < 1.29 is 12.8 Å². The summed E-state index contributed by atoms with van der Waals surface area (Å²) in [4.78, 5) is 3.53. The number of nitrogens with two attached hydrogens (primary N) is 1. The molecule has 1 aromatic heterocycles. The smallest absolute Gasteiger partial charge is 0.245 e. The molecule has 1 aromatic rings. The molecule has 0 aliphatic heterocycles. The zero-order chi connectivity index (χ0) is 14.6. The summed E-state index contributed by atoms with van der Waals surface area (Å²) in [6.45, 7) is 0.502. The van der Waals surface area contributed by atoms with Crippen molar-refractivity contribution in [1.82, 2.24) is 9.29 Å². The van der Waals surface area contributed by atoms with Crippen LogP contribution in [-0.2, 0) is 10.0 Å². The number of sulfonamides is 1. The largest absolute Gasteiger partial charge is 0.329 e. The van der Waals surface area contributed by atoms with Crippen molar-refractivity contribution in [2.24, 2.45) is 5.73 Å². The highest BCUT2D eigenvalue weighted by molar-refractivity contribution is 7.89. The van der Waals surface area contributed by atoms with E-state index in [1.807, 2.05) is 0 Å². The molecule has 112 valence electrons. The summed E-state index contributed by atoms with van der Waals surface area (Å²) >= 11 is 0. The summed E-state index contributed by atoms with van der Waals surface area (Å²) < 4.78 is 39.9. The minimum atomic E-state index is -3.73. The maximum atomic E-state index is 13.2. The lowest BCUT2D eigenvalue weighted by atomic mass is 9.95. The van der Waals surface area contributed by atoms with E-state index in [4.69, 9.17) is 5.73 Å². The Bertz CT molecular complexity index is 544. The third kappa shape index (κ3) is 3.34. The number of rotatable bonds is 5. The molecule has 7 heteroatoms. The van der Waals surface area contributed by atoms with Gasteiger partial charge >= 0.3 is 0 Å². The van der Waals surface area contributed by atoms with Crippen molar-refractivity contribution in [3.05, 3.63) is 24.3 Å². The molecule has 1 saturated carbocycles. The van der Waals surface area contributed by atoms with Crippen molar-refractivity contribution >= 4 is 10.0 Å². The van der Waals surface area contributed by atoms with Gasteiger partial charge in [0.1, 0.15) is 10.7 Å². The van der Waals surface area contributed by atoms with E-state index in [-0.39, 0.29) is 24.0 Å². The Kier molecular flexibility index (Phi) is 5.06. The second-order valence-corrected chi connectivity index (χ2v) is 6.93. The van der Waals surface area contributed by atoms with Gasteiger partial charge in [-0.3, -0.25) is 4.98 Å². The number of aromatic nitrogens is 1. The van der Waals surface area contributed by atoms with Gasteiger partial charge in [-0.2, -0.15) is 4.31 Å². The van der Waals surface area contributed by atoms with Gasteiger partial charge in [0.25, 0.3) is 0 Å². The molecule has 20 heavy (non-hydrogen) atoms. The Hall–Kier alpha value is -1.05. The first-order valence-corrected chi connectivity index (χ1v) is 8.32. The first-order valence-electron chi connectivity index (χ1n) is 6.88. The Balaban J connectivity index is 2.31. The third-order valence-corrected chi connectivity index (χ3v) is 5.53. The summed E-state index contributed by atoms with van der Waals surface area (Å²) in [6, 6.07) is 0.967. The van der Waals surface area contributed by atoms with E-state index in [0.29, 0.717) is 0 Å². The van der Waals surface area contributed by atoms with Gasteiger partial charge in [-0.05, 0) is 18.9 Å². The van der Waals surface area contributed by atoms with E-state index in [9.17, 15) is 12.8 Å². The van der Waals surface area contributed by atoms with Crippen LogP contribution in [0.25, 0.3) is 0 Å². The van der Waals surface area contributed by atoms with Crippen LogP contribution in [0.1, 0.15) is 32.1 Å². The average Bonchev–Trinajstić information content (AvgIpc) is 2.45. The molecule has 1 fully saturated rings. The van der Waals surface area contributed by atoms with Gasteiger partial charge in [0, 0.05) is 25.3 Å². The molecule has 0 saturated heterocycles. The van der Waals surface area contributed by atoms with Gasteiger partial charge in [0.15, 0.2) is 0 Å². The highest BCUT2D eigenvalue weighted by atomic mass is 32.2. The van der Waals surface area contributed by atoms with Crippen LogP contribution in [0.15, 0.2) is 23.4 Å². The van der Waals surface area contributed by atoms with Crippen molar-refractivity contribution in [2.45, 2.75) is 43.0 Å². The molecule has 5 nitrogen and oxygen atoms in total. The average molecular weight is 301 g/mol. The van der Waals surface area contributed by atoms with E-state index >= 15 is 0 Å². The molecule has 1 aliphatic carbocycles. The second-order valence-electron chi connectivity index (χ2n) is 5.04. The van der Waals surface area contributed by atoms with Gasteiger partial charge in [-0.25, -0.2) is 12.8 Å². The zero-order valence-electron chi connectivity index (χ0n) is 11.3. The number of hydrogen-bond donors (Lipinski definition) is 1. The van der Waals surface area contributed by atoms with Crippen LogP contribution in [0, 0.1) is 5.82 Å². The lowest BCUT2D eigenvalue weighted by Crippen LogP contribution is -2.44.